The molecular weight excluding hydrogens is 232 g/mol. The molecule has 0 aromatic heterocycles. The minimum atomic E-state index is -0.857. The average Bonchev–Trinajstić information content (AvgIpc) is 3.30. The first kappa shape index (κ1) is 12.4. The van der Waals surface area contributed by atoms with Crippen LogP contribution in [-0.2, 0) is 5.60 Å². The smallest absolute Gasteiger partial charge is 0.120 e. The number of hydrogen-bond donors (Lipinski definition) is 1. The maximum Gasteiger partial charge on any atom is 0.120 e. The van der Waals surface area contributed by atoms with Crippen LogP contribution in [0.2, 0.25) is 0 Å². The van der Waals surface area contributed by atoms with Crippen LogP contribution in [0.5, 0.6) is 0 Å². The molecule has 0 unspecified atom stereocenters. The Morgan fingerprint density at radius 3 is 1.63 bits per heavy atom. The third kappa shape index (κ3) is 1.81. The molecule has 2 aromatic rings. The van der Waals surface area contributed by atoms with Crippen LogP contribution in [0, 0.1) is 5.41 Å². The number of rotatable bonds is 4. The van der Waals surface area contributed by atoms with Crippen molar-refractivity contribution in [2.45, 2.75) is 31.8 Å². The summed E-state index contributed by atoms with van der Waals surface area (Å²) >= 11 is 0. The molecule has 1 aliphatic carbocycles. The molecule has 1 fully saturated rings. The lowest BCUT2D eigenvalue weighted by Gasteiger charge is -2.37. The van der Waals surface area contributed by atoms with E-state index in [9.17, 15) is 5.11 Å². The number of hydrogen-bond acceptors (Lipinski definition) is 1. The Labute approximate surface area is 114 Å². The van der Waals surface area contributed by atoms with Crippen molar-refractivity contribution in [3.63, 3.8) is 0 Å². The third-order valence-corrected chi connectivity index (χ3v) is 4.68. The molecule has 1 nitrogen and oxygen atoms in total. The Bertz CT molecular complexity index is 501. The van der Waals surface area contributed by atoms with Crippen LogP contribution in [0.3, 0.4) is 0 Å². The maximum absolute atomic E-state index is 11.5. The molecule has 2 aromatic carbocycles. The first-order valence-electron chi connectivity index (χ1n) is 7.06. The van der Waals surface area contributed by atoms with E-state index in [1.807, 2.05) is 60.7 Å². The molecule has 0 saturated heterocycles. The standard InChI is InChI=1S/C18H20O/c1-2-17(13-14-17)18(19,15-9-5-3-6-10-15)16-11-7-4-8-12-16/h3-12,19H,2,13-14H2,1H3. The highest BCUT2D eigenvalue weighted by molar-refractivity contribution is 5.40. The fraction of sp³-hybridized carbons (Fsp3) is 0.333. The highest BCUT2D eigenvalue weighted by Gasteiger charge is 2.58. The summed E-state index contributed by atoms with van der Waals surface area (Å²) in [6, 6.07) is 20.2. The zero-order chi connectivity index (χ0) is 13.3. The zero-order valence-electron chi connectivity index (χ0n) is 11.3. The van der Waals surface area contributed by atoms with E-state index in [1.165, 1.54) is 0 Å². The summed E-state index contributed by atoms with van der Waals surface area (Å²) < 4.78 is 0. The van der Waals surface area contributed by atoms with Gasteiger partial charge in [-0.25, -0.2) is 0 Å². The summed E-state index contributed by atoms with van der Waals surface area (Å²) in [7, 11) is 0. The van der Waals surface area contributed by atoms with Crippen LogP contribution in [0.15, 0.2) is 60.7 Å². The Balaban J connectivity index is 2.17. The summed E-state index contributed by atoms with van der Waals surface area (Å²) in [5.74, 6) is 0. The minimum absolute atomic E-state index is 0.00963. The van der Waals surface area contributed by atoms with Crippen LogP contribution in [0.1, 0.15) is 37.3 Å². The topological polar surface area (TPSA) is 20.2 Å². The van der Waals surface area contributed by atoms with Crippen molar-refractivity contribution in [2.24, 2.45) is 5.41 Å². The van der Waals surface area contributed by atoms with Gasteiger partial charge < -0.3 is 5.11 Å². The third-order valence-electron chi connectivity index (χ3n) is 4.68. The summed E-state index contributed by atoms with van der Waals surface area (Å²) in [5.41, 5.74) is 1.18. The molecule has 1 saturated carbocycles. The molecule has 0 heterocycles. The van der Waals surface area contributed by atoms with E-state index >= 15 is 0 Å². The highest BCUT2D eigenvalue weighted by atomic mass is 16.3. The zero-order valence-corrected chi connectivity index (χ0v) is 11.3. The van der Waals surface area contributed by atoms with Gasteiger partial charge in [-0.1, -0.05) is 67.6 Å². The Morgan fingerprint density at radius 2 is 1.32 bits per heavy atom. The van der Waals surface area contributed by atoms with Crippen molar-refractivity contribution in [1.82, 2.24) is 0 Å². The predicted molar refractivity (Wildman–Crippen MR) is 77.8 cm³/mol. The summed E-state index contributed by atoms with van der Waals surface area (Å²) in [4.78, 5) is 0. The van der Waals surface area contributed by atoms with Gasteiger partial charge in [0.2, 0.25) is 0 Å². The molecule has 1 N–H and O–H groups in total. The Kier molecular flexibility index (Phi) is 2.94. The van der Waals surface area contributed by atoms with Gasteiger partial charge >= 0.3 is 0 Å². The van der Waals surface area contributed by atoms with Gasteiger partial charge in [0.05, 0.1) is 0 Å². The lowest BCUT2D eigenvalue weighted by molar-refractivity contribution is -0.00128. The molecule has 0 spiro atoms. The van der Waals surface area contributed by atoms with Crippen molar-refractivity contribution < 1.29 is 5.11 Å². The fourth-order valence-electron chi connectivity index (χ4n) is 3.26. The van der Waals surface area contributed by atoms with E-state index < -0.39 is 5.60 Å². The van der Waals surface area contributed by atoms with Gasteiger partial charge in [-0.3, -0.25) is 0 Å². The van der Waals surface area contributed by atoms with Gasteiger partial charge in [-0.15, -0.1) is 0 Å². The second-order valence-electron chi connectivity index (χ2n) is 5.58. The minimum Gasteiger partial charge on any atom is -0.380 e. The lowest BCUT2D eigenvalue weighted by atomic mass is 9.72. The van der Waals surface area contributed by atoms with Crippen LogP contribution in [0.25, 0.3) is 0 Å². The summed E-state index contributed by atoms with van der Waals surface area (Å²) in [5, 5.41) is 11.5. The van der Waals surface area contributed by atoms with Crippen molar-refractivity contribution in [2.75, 3.05) is 0 Å². The number of benzene rings is 2. The van der Waals surface area contributed by atoms with E-state index in [4.69, 9.17) is 0 Å². The first-order valence-corrected chi connectivity index (χ1v) is 7.06. The predicted octanol–water partition coefficient (Wildman–Crippen LogP) is 4.11. The van der Waals surface area contributed by atoms with Crippen LogP contribution in [0.4, 0.5) is 0 Å². The van der Waals surface area contributed by atoms with Gasteiger partial charge in [0.25, 0.3) is 0 Å². The normalized spacial score (nSPS) is 17.2. The van der Waals surface area contributed by atoms with Gasteiger partial charge in [-0.2, -0.15) is 0 Å². The molecular formula is C18H20O. The summed E-state index contributed by atoms with van der Waals surface area (Å²) in [6.07, 6.45) is 3.21. The molecule has 0 radical (unpaired) electrons. The molecule has 0 amide bonds. The molecule has 0 atom stereocenters. The molecule has 1 aliphatic rings. The van der Waals surface area contributed by atoms with Crippen molar-refractivity contribution in [1.29, 1.82) is 0 Å². The fourth-order valence-corrected chi connectivity index (χ4v) is 3.26. The van der Waals surface area contributed by atoms with E-state index in [2.05, 4.69) is 6.92 Å². The molecule has 1 heteroatoms. The van der Waals surface area contributed by atoms with E-state index in [-0.39, 0.29) is 5.41 Å². The van der Waals surface area contributed by atoms with Gasteiger partial charge in [-0.05, 0) is 30.4 Å². The second-order valence-corrected chi connectivity index (χ2v) is 5.58. The molecule has 19 heavy (non-hydrogen) atoms. The average molecular weight is 252 g/mol. The monoisotopic (exact) mass is 252 g/mol. The van der Waals surface area contributed by atoms with Crippen molar-refractivity contribution in [3.05, 3.63) is 71.8 Å². The lowest BCUT2D eigenvalue weighted by Crippen LogP contribution is -2.37. The van der Waals surface area contributed by atoms with Gasteiger partial charge in [0, 0.05) is 5.41 Å². The largest absolute Gasteiger partial charge is 0.380 e. The molecule has 0 bridgehead atoms. The molecule has 0 aliphatic heterocycles. The van der Waals surface area contributed by atoms with Crippen LogP contribution >= 0.6 is 0 Å². The highest BCUT2D eigenvalue weighted by Crippen LogP contribution is 2.62. The van der Waals surface area contributed by atoms with E-state index in [0.29, 0.717) is 0 Å². The van der Waals surface area contributed by atoms with Gasteiger partial charge in [0.1, 0.15) is 5.60 Å². The molecule has 98 valence electrons. The van der Waals surface area contributed by atoms with Crippen LogP contribution in [-0.4, -0.2) is 5.11 Å². The number of aliphatic hydroxyl groups is 1. The van der Waals surface area contributed by atoms with Crippen molar-refractivity contribution >= 4 is 0 Å². The second kappa shape index (κ2) is 4.50. The summed E-state index contributed by atoms with van der Waals surface area (Å²) in [6.45, 7) is 2.18. The van der Waals surface area contributed by atoms with Gasteiger partial charge in [0.15, 0.2) is 0 Å². The maximum atomic E-state index is 11.5. The Hall–Kier alpha value is -1.60. The van der Waals surface area contributed by atoms with Crippen molar-refractivity contribution in [3.8, 4) is 0 Å². The van der Waals surface area contributed by atoms with E-state index in [1.54, 1.807) is 0 Å². The van der Waals surface area contributed by atoms with E-state index in [0.717, 1.165) is 30.4 Å². The molecule has 3 rings (SSSR count). The first-order chi connectivity index (χ1) is 9.23. The Morgan fingerprint density at radius 1 is 0.895 bits per heavy atom. The SMILES string of the molecule is CCC1(C(O)(c2ccccc2)c2ccccc2)CC1. The van der Waals surface area contributed by atoms with Crippen LogP contribution < -0.4 is 0 Å². The quantitative estimate of drug-likeness (QED) is 0.868.